The number of benzene rings is 1. The molecule has 0 fully saturated rings. The van der Waals surface area contributed by atoms with Crippen LogP contribution >= 0.6 is 22.7 Å². The van der Waals surface area contributed by atoms with E-state index < -0.39 is 0 Å². The molecular formula is C20H18N4O2S2. The highest BCUT2D eigenvalue weighted by Crippen LogP contribution is 2.32. The maximum absolute atomic E-state index is 12.6. The zero-order valence-electron chi connectivity index (χ0n) is 15.7. The van der Waals surface area contributed by atoms with Crippen LogP contribution in [0.1, 0.15) is 23.7 Å². The van der Waals surface area contributed by atoms with Crippen LogP contribution in [0.25, 0.3) is 10.2 Å². The summed E-state index contributed by atoms with van der Waals surface area (Å²) in [6.07, 6.45) is 1.55. The first kappa shape index (κ1) is 18.5. The fraction of sp³-hybridized carbons (Fsp3) is 0.200. The van der Waals surface area contributed by atoms with Crippen LogP contribution in [0.5, 0.6) is 0 Å². The second-order valence-electron chi connectivity index (χ2n) is 6.51. The van der Waals surface area contributed by atoms with Crippen molar-refractivity contribution in [3.8, 4) is 0 Å². The molecule has 0 aliphatic heterocycles. The highest BCUT2D eigenvalue weighted by Gasteiger charge is 2.20. The molecule has 0 saturated carbocycles. The Morgan fingerprint density at radius 2 is 2.04 bits per heavy atom. The number of rotatable bonds is 4. The molecule has 0 bridgehead atoms. The van der Waals surface area contributed by atoms with Crippen LogP contribution < -0.4 is 10.5 Å². The summed E-state index contributed by atoms with van der Waals surface area (Å²) >= 11 is 2.77. The van der Waals surface area contributed by atoms with Crippen LogP contribution in [-0.4, -0.2) is 20.4 Å². The molecule has 0 spiro atoms. The summed E-state index contributed by atoms with van der Waals surface area (Å²) in [5.41, 5.74) is 4.33. The van der Waals surface area contributed by atoms with E-state index in [0.717, 1.165) is 22.5 Å². The summed E-state index contributed by atoms with van der Waals surface area (Å²) in [5.74, 6) is -0.103. The molecule has 0 aliphatic rings. The predicted molar refractivity (Wildman–Crippen MR) is 114 cm³/mol. The summed E-state index contributed by atoms with van der Waals surface area (Å²) in [5, 5.41) is 4.33. The standard InChI is InChI=1S/C20H18N4O2S2/c1-12-5-4-6-17(13(12)2)24(14(3)25)20-22-15(10-28-20)9-23-11-21-16-7-8-27-18(16)19(23)26/h4-8,10-11H,9H2,1-3H3. The Morgan fingerprint density at radius 3 is 2.82 bits per heavy atom. The highest BCUT2D eigenvalue weighted by molar-refractivity contribution is 7.17. The molecule has 6 nitrogen and oxygen atoms in total. The number of amides is 1. The van der Waals surface area contributed by atoms with Crippen molar-refractivity contribution < 1.29 is 4.79 Å². The van der Waals surface area contributed by atoms with Gasteiger partial charge < -0.3 is 0 Å². The van der Waals surface area contributed by atoms with Crippen molar-refractivity contribution in [1.29, 1.82) is 0 Å². The van der Waals surface area contributed by atoms with E-state index in [0.29, 0.717) is 21.9 Å². The number of carbonyl (C=O) groups is 1. The second kappa shape index (κ2) is 7.29. The summed E-state index contributed by atoms with van der Waals surface area (Å²) in [6.45, 7) is 5.86. The normalized spacial score (nSPS) is 11.1. The van der Waals surface area contributed by atoms with Crippen LogP contribution in [0, 0.1) is 13.8 Å². The maximum Gasteiger partial charge on any atom is 0.271 e. The fourth-order valence-electron chi connectivity index (χ4n) is 3.02. The molecule has 0 radical (unpaired) electrons. The molecule has 28 heavy (non-hydrogen) atoms. The largest absolute Gasteiger partial charge is 0.292 e. The summed E-state index contributed by atoms with van der Waals surface area (Å²) in [7, 11) is 0. The van der Waals surface area contributed by atoms with E-state index in [1.165, 1.54) is 29.6 Å². The Labute approximate surface area is 169 Å². The van der Waals surface area contributed by atoms with Crippen molar-refractivity contribution in [1.82, 2.24) is 14.5 Å². The lowest BCUT2D eigenvalue weighted by molar-refractivity contribution is -0.115. The zero-order valence-corrected chi connectivity index (χ0v) is 17.3. The van der Waals surface area contributed by atoms with Gasteiger partial charge in [0, 0.05) is 12.3 Å². The Bertz CT molecular complexity index is 1240. The van der Waals surface area contributed by atoms with Gasteiger partial charge in [-0.2, -0.15) is 0 Å². The van der Waals surface area contributed by atoms with Gasteiger partial charge in [-0.25, -0.2) is 9.97 Å². The molecule has 0 saturated heterocycles. The monoisotopic (exact) mass is 410 g/mol. The molecule has 0 atom stereocenters. The van der Waals surface area contributed by atoms with Crippen LogP contribution in [0.2, 0.25) is 0 Å². The molecule has 0 unspecified atom stereocenters. The van der Waals surface area contributed by atoms with Gasteiger partial charge in [0.15, 0.2) is 5.13 Å². The Balaban J connectivity index is 1.69. The van der Waals surface area contributed by atoms with Crippen molar-refractivity contribution in [2.24, 2.45) is 0 Å². The molecule has 1 amide bonds. The number of thiophene rings is 1. The minimum atomic E-state index is -0.103. The maximum atomic E-state index is 12.6. The van der Waals surface area contributed by atoms with E-state index in [1.54, 1.807) is 15.8 Å². The van der Waals surface area contributed by atoms with Crippen LogP contribution in [-0.2, 0) is 11.3 Å². The number of aromatic nitrogens is 3. The highest BCUT2D eigenvalue weighted by atomic mass is 32.1. The van der Waals surface area contributed by atoms with Gasteiger partial charge in [-0.1, -0.05) is 12.1 Å². The van der Waals surface area contributed by atoms with Crippen molar-refractivity contribution in [3.05, 3.63) is 68.5 Å². The van der Waals surface area contributed by atoms with Gasteiger partial charge in [0.25, 0.3) is 5.56 Å². The lowest BCUT2D eigenvalue weighted by atomic mass is 10.1. The number of aryl methyl sites for hydroxylation is 1. The molecule has 3 heterocycles. The van der Waals surface area contributed by atoms with Crippen LogP contribution in [0.15, 0.2) is 46.1 Å². The smallest absolute Gasteiger partial charge is 0.271 e. The molecular weight excluding hydrogens is 392 g/mol. The third-order valence-corrected chi connectivity index (χ3v) is 6.40. The average Bonchev–Trinajstić information content (AvgIpc) is 3.31. The van der Waals surface area contributed by atoms with Gasteiger partial charge >= 0.3 is 0 Å². The Hall–Kier alpha value is -2.84. The lowest BCUT2D eigenvalue weighted by Crippen LogP contribution is -2.24. The minimum absolute atomic E-state index is 0.0764. The number of thiazole rings is 1. The first-order chi connectivity index (χ1) is 13.5. The number of hydrogen-bond donors (Lipinski definition) is 0. The number of anilines is 2. The van der Waals surface area contributed by atoms with E-state index >= 15 is 0 Å². The van der Waals surface area contributed by atoms with Crippen molar-refractivity contribution in [2.75, 3.05) is 4.90 Å². The summed E-state index contributed by atoms with van der Waals surface area (Å²) < 4.78 is 2.19. The summed E-state index contributed by atoms with van der Waals surface area (Å²) in [4.78, 5) is 35.5. The van der Waals surface area contributed by atoms with Gasteiger partial charge in [0.05, 0.1) is 29.8 Å². The zero-order chi connectivity index (χ0) is 19.8. The van der Waals surface area contributed by atoms with Crippen molar-refractivity contribution in [2.45, 2.75) is 27.3 Å². The third kappa shape index (κ3) is 3.25. The van der Waals surface area contributed by atoms with Gasteiger partial charge in [-0.05, 0) is 42.5 Å². The number of hydrogen-bond acceptors (Lipinski definition) is 6. The van der Waals surface area contributed by atoms with Gasteiger partial charge in [-0.3, -0.25) is 19.1 Å². The summed E-state index contributed by atoms with van der Waals surface area (Å²) in [6, 6.07) is 7.71. The minimum Gasteiger partial charge on any atom is -0.292 e. The SMILES string of the molecule is CC(=O)N(c1nc(Cn2cnc3ccsc3c2=O)cs1)c1cccc(C)c1C. The topological polar surface area (TPSA) is 68.1 Å². The number of nitrogens with zero attached hydrogens (tertiary/aromatic N) is 4. The molecule has 0 aliphatic carbocycles. The van der Waals surface area contributed by atoms with E-state index in [9.17, 15) is 9.59 Å². The third-order valence-electron chi connectivity index (χ3n) is 4.63. The van der Waals surface area contributed by atoms with Crippen LogP contribution in [0.4, 0.5) is 10.8 Å². The van der Waals surface area contributed by atoms with Crippen molar-refractivity contribution >= 4 is 49.6 Å². The second-order valence-corrected chi connectivity index (χ2v) is 8.26. The lowest BCUT2D eigenvalue weighted by Gasteiger charge is -2.21. The fourth-order valence-corrected chi connectivity index (χ4v) is 4.69. The molecule has 1 aromatic carbocycles. The molecule has 0 N–H and O–H groups in total. The Kier molecular flexibility index (Phi) is 4.82. The van der Waals surface area contributed by atoms with E-state index in [-0.39, 0.29) is 11.5 Å². The quantitative estimate of drug-likeness (QED) is 0.504. The first-order valence-electron chi connectivity index (χ1n) is 8.69. The Morgan fingerprint density at radius 1 is 1.21 bits per heavy atom. The number of carbonyl (C=O) groups excluding carboxylic acids is 1. The number of fused-ring (bicyclic) bond motifs is 1. The van der Waals surface area contributed by atoms with E-state index in [1.807, 2.05) is 48.9 Å². The van der Waals surface area contributed by atoms with Crippen LogP contribution in [0.3, 0.4) is 0 Å². The molecule has 8 heteroatoms. The van der Waals surface area contributed by atoms with Gasteiger partial charge in [0.1, 0.15) is 4.70 Å². The molecule has 142 valence electrons. The van der Waals surface area contributed by atoms with Crippen molar-refractivity contribution in [3.63, 3.8) is 0 Å². The predicted octanol–water partition coefficient (Wildman–Crippen LogP) is 4.26. The molecule has 4 rings (SSSR count). The first-order valence-corrected chi connectivity index (χ1v) is 10.5. The van der Waals surface area contributed by atoms with Gasteiger partial charge in [0.2, 0.25) is 5.91 Å². The molecule has 3 aromatic heterocycles. The van der Waals surface area contributed by atoms with E-state index in [4.69, 9.17) is 0 Å². The molecule has 4 aromatic rings. The van der Waals surface area contributed by atoms with Gasteiger partial charge in [-0.15, -0.1) is 22.7 Å². The average molecular weight is 411 g/mol. The van der Waals surface area contributed by atoms with E-state index in [2.05, 4.69) is 9.97 Å².